The Labute approximate surface area is 151 Å². The van der Waals surface area contributed by atoms with Gasteiger partial charge in [0.1, 0.15) is 5.75 Å². The van der Waals surface area contributed by atoms with Crippen LogP contribution in [0.5, 0.6) is 5.75 Å². The molecule has 2 aromatic rings. The second-order valence-electron chi connectivity index (χ2n) is 5.51. The van der Waals surface area contributed by atoms with Crippen molar-refractivity contribution >= 4 is 23.4 Å². The van der Waals surface area contributed by atoms with Crippen LogP contribution >= 0.6 is 0 Å². The Bertz CT molecular complexity index is 770. The molecular weight excluding hydrogens is 334 g/mol. The third-order valence-electron chi connectivity index (χ3n) is 3.59. The maximum absolute atomic E-state index is 12.0. The molecule has 0 unspecified atom stereocenters. The summed E-state index contributed by atoms with van der Waals surface area (Å²) < 4.78 is 5.06. The number of rotatable bonds is 6. The van der Waals surface area contributed by atoms with Crippen LogP contribution in [0.15, 0.2) is 48.5 Å². The van der Waals surface area contributed by atoms with Gasteiger partial charge in [-0.1, -0.05) is 19.1 Å². The van der Waals surface area contributed by atoms with Crippen LogP contribution < -0.4 is 20.9 Å². The molecule has 0 radical (unpaired) electrons. The van der Waals surface area contributed by atoms with Gasteiger partial charge in [0, 0.05) is 17.7 Å². The van der Waals surface area contributed by atoms with Gasteiger partial charge in [-0.2, -0.15) is 0 Å². The predicted octanol–water partition coefficient (Wildman–Crippen LogP) is 2.05. The fraction of sp³-hybridized carbons (Fsp3) is 0.211. The van der Waals surface area contributed by atoms with E-state index in [-0.39, 0.29) is 18.2 Å². The lowest BCUT2D eigenvalue weighted by atomic mass is 10.1. The first-order valence-corrected chi connectivity index (χ1v) is 8.14. The molecule has 0 heterocycles. The number of hydrogen-bond acceptors (Lipinski definition) is 4. The van der Waals surface area contributed by atoms with Gasteiger partial charge < -0.3 is 10.1 Å². The van der Waals surface area contributed by atoms with Gasteiger partial charge in [-0.05, 0) is 42.0 Å². The topological polar surface area (TPSA) is 96.5 Å². The van der Waals surface area contributed by atoms with Gasteiger partial charge >= 0.3 is 0 Å². The van der Waals surface area contributed by atoms with Crippen molar-refractivity contribution < 1.29 is 19.1 Å². The van der Waals surface area contributed by atoms with E-state index in [1.807, 2.05) is 0 Å². The summed E-state index contributed by atoms with van der Waals surface area (Å²) in [5.74, 6) is -0.175. The summed E-state index contributed by atoms with van der Waals surface area (Å²) in [6, 6.07) is 13.5. The highest BCUT2D eigenvalue weighted by Crippen LogP contribution is 2.12. The van der Waals surface area contributed by atoms with E-state index in [0.29, 0.717) is 23.4 Å². The second-order valence-corrected chi connectivity index (χ2v) is 5.51. The van der Waals surface area contributed by atoms with E-state index < -0.39 is 5.91 Å². The number of nitrogens with one attached hydrogen (secondary N) is 3. The molecule has 0 aliphatic carbocycles. The van der Waals surface area contributed by atoms with Crippen molar-refractivity contribution in [3.63, 3.8) is 0 Å². The lowest BCUT2D eigenvalue weighted by Gasteiger charge is -2.09. The first-order chi connectivity index (χ1) is 12.5. The molecule has 0 spiro atoms. The largest absolute Gasteiger partial charge is 0.497 e. The SMILES string of the molecule is CCC(=O)Nc1ccc(C(=O)NNC(=O)Cc2ccc(OC)cc2)cc1. The molecule has 0 aromatic heterocycles. The summed E-state index contributed by atoms with van der Waals surface area (Å²) in [6.45, 7) is 1.76. The van der Waals surface area contributed by atoms with Gasteiger partial charge in [-0.15, -0.1) is 0 Å². The molecule has 7 nitrogen and oxygen atoms in total. The number of hydrazine groups is 1. The van der Waals surface area contributed by atoms with E-state index >= 15 is 0 Å². The maximum atomic E-state index is 12.0. The van der Waals surface area contributed by atoms with E-state index in [9.17, 15) is 14.4 Å². The lowest BCUT2D eigenvalue weighted by Crippen LogP contribution is -2.42. The van der Waals surface area contributed by atoms with Crippen LogP contribution in [0, 0.1) is 0 Å². The van der Waals surface area contributed by atoms with E-state index in [1.165, 1.54) is 0 Å². The fourth-order valence-electron chi connectivity index (χ4n) is 2.13. The summed E-state index contributed by atoms with van der Waals surface area (Å²) in [4.78, 5) is 35.3. The van der Waals surface area contributed by atoms with Crippen molar-refractivity contribution in [1.82, 2.24) is 10.9 Å². The van der Waals surface area contributed by atoms with Crippen LogP contribution in [0.4, 0.5) is 5.69 Å². The Morgan fingerprint density at radius 1 is 0.885 bits per heavy atom. The van der Waals surface area contributed by atoms with Crippen molar-refractivity contribution in [2.75, 3.05) is 12.4 Å². The van der Waals surface area contributed by atoms with Crippen LogP contribution in [0.3, 0.4) is 0 Å². The third kappa shape index (κ3) is 5.62. The molecular formula is C19H21N3O4. The van der Waals surface area contributed by atoms with Crippen molar-refractivity contribution in [1.29, 1.82) is 0 Å². The third-order valence-corrected chi connectivity index (χ3v) is 3.59. The van der Waals surface area contributed by atoms with Crippen LogP contribution in [0.1, 0.15) is 29.3 Å². The maximum Gasteiger partial charge on any atom is 0.269 e. The average Bonchev–Trinajstić information content (AvgIpc) is 2.67. The predicted molar refractivity (Wildman–Crippen MR) is 97.7 cm³/mol. The fourth-order valence-corrected chi connectivity index (χ4v) is 2.13. The standard InChI is InChI=1S/C19H21N3O4/c1-3-17(23)20-15-8-6-14(7-9-15)19(25)22-21-18(24)12-13-4-10-16(26-2)11-5-13/h4-11H,3,12H2,1-2H3,(H,20,23)(H,21,24)(H,22,25). The van der Waals surface area contributed by atoms with Crippen LogP contribution in [0.25, 0.3) is 0 Å². The molecule has 0 aliphatic heterocycles. The first kappa shape index (κ1) is 19.0. The first-order valence-electron chi connectivity index (χ1n) is 8.14. The van der Waals surface area contributed by atoms with Crippen LogP contribution in [-0.4, -0.2) is 24.8 Å². The minimum atomic E-state index is -0.443. The van der Waals surface area contributed by atoms with E-state index in [2.05, 4.69) is 16.2 Å². The van der Waals surface area contributed by atoms with Gasteiger partial charge in [0.15, 0.2) is 0 Å². The molecule has 0 bridgehead atoms. The minimum absolute atomic E-state index is 0.104. The number of methoxy groups -OCH3 is 1. The zero-order valence-corrected chi connectivity index (χ0v) is 14.7. The molecule has 2 rings (SSSR count). The summed E-state index contributed by atoms with van der Waals surface area (Å²) in [5.41, 5.74) is 6.51. The number of hydrogen-bond donors (Lipinski definition) is 3. The normalized spacial score (nSPS) is 9.92. The number of anilines is 1. The molecule has 0 atom stereocenters. The number of benzene rings is 2. The Hall–Kier alpha value is -3.35. The summed E-state index contributed by atoms with van der Waals surface area (Å²) in [5, 5.41) is 2.69. The molecule has 3 N–H and O–H groups in total. The highest BCUT2D eigenvalue weighted by atomic mass is 16.5. The van der Waals surface area contributed by atoms with E-state index in [1.54, 1.807) is 62.6 Å². The molecule has 7 heteroatoms. The Kier molecular flexibility index (Phi) is 6.73. The quantitative estimate of drug-likeness (QED) is 0.691. The van der Waals surface area contributed by atoms with Crippen molar-refractivity contribution in [3.05, 3.63) is 59.7 Å². The Morgan fingerprint density at radius 2 is 1.54 bits per heavy atom. The monoisotopic (exact) mass is 355 g/mol. The molecule has 0 aliphatic rings. The highest BCUT2D eigenvalue weighted by molar-refractivity contribution is 5.96. The lowest BCUT2D eigenvalue weighted by molar-refractivity contribution is -0.121. The van der Waals surface area contributed by atoms with Gasteiger partial charge in [0.2, 0.25) is 11.8 Å². The van der Waals surface area contributed by atoms with Crippen molar-refractivity contribution in [3.8, 4) is 5.75 Å². The van der Waals surface area contributed by atoms with E-state index in [4.69, 9.17) is 4.74 Å². The molecule has 2 aromatic carbocycles. The van der Waals surface area contributed by atoms with Crippen LogP contribution in [-0.2, 0) is 16.0 Å². The summed E-state index contributed by atoms with van der Waals surface area (Å²) in [7, 11) is 1.57. The molecule has 3 amide bonds. The van der Waals surface area contributed by atoms with Gasteiger partial charge in [0.05, 0.1) is 13.5 Å². The molecule has 26 heavy (non-hydrogen) atoms. The van der Waals surface area contributed by atoms with E-state index in [0.717, 1.165) is 5.56 Å². The summed E-state index contributed by atoms with van der Waals surface area (Å²) >= 11 is 0. The number of ether oxygens (including phenoxy) is 1. The zero-order valence-electron chi connectivity index (χ0n) is 14.7. The summed E-state index contributed by atoms with van der Waals surface area (Å²) in [6.07, 6.45) is 0.509. The highest BCUT2D eigenvalue weighted by Gasteiger charge is 2.09. The minimum Gasteiger partial charge on any atom is -0.497 e. The van der Waals surface area contributed by atoms with Gasteiger partial charge in [-0.3, -0.25) is 25.2 Å². The second kappa shape index (κ2) is 9.22. The smallest absolute Gasteiger partial charge is 0.269 e. The van der Waals surface area contributed by atoms with Crippen LogP contribution in [0.2, 0.25) is 0 Å². The average molecular weight is 355 g/mol. The zero-order chi connectivity index (χ0) is 18.9. The number of amides is 3. The molecule has 0 fully saturated rings. The number of carbonyl (C=O) groups is 3. The molecule has 136 valence electrons. The van der Waals surface area contributed by atoms with Crippen molar-refractivity contribution in [2.45, 2.75) is 19.8 Å². The Balaban J connectivity index is 1.83. The van der Waals surface area contributed by atoms with Crippen molar-refractivity contribution in [2.24, 2.45) is 0 Å². The van der Waals surface area contributed by atoms with Gasteiger partial charge in [-0.25, -0.2) is 0 Å². The molecule has 0 saturated carbocycles. The Morgan fingerprint density at radius 3 is 2.12 bits per heavy atom. The molecule has 0 saturated heterocycles. The number of carbonyl (C=O) groups excluding carboxylic acids is 3. The van der Waals surface area contributed by atoms with Gasteiger partial charge in [0.25, 0.3) is 5.91 Å².